The van der Waals surface area contributed by atoms with E-state index in [2.05, 4.69) is 9.97 Å². The lowest BCUT2D eigenvalue weighted by Gasteiger charge is -2.24. The lowest BCUT2D eigenvalue weighted by molar-refractivity contribution is 0.0598. The lowest BCUT2D eigenvalue weighted by atomic mass is 9.98. The predicted molar refractivity (Wildman–Crippen MR) is 106 cm³/mol. The fraction of sp³-hybridized carbons (Fsp3) is 0.190. The molecule has 1 amide bonds. The molecule has 2 N–H and O–H groups in total. The van der Waals surface area contributed by atoms with E-state index in [-0.39, 0.29) is 0 Å². The molecule has 148 valence electrons. The number of carboxylic acid groups (broad SMARTS) is 1. The lowest BCUT2D eigenvalue weighted by Crippen LogP contribution is -2.33. The van der Waals surface area contributed by atoms with Crippen molar-refractivity contribution >= 4 is 28.7 Å². The van der Waals surface area contributed by atoms with Crippen LogP contribution in [-0.4, -0.2) is 52.2 Å². The van der Waals surface area contributed by atoms with Gasteiger partial charge in [-0.1, -0.05) is 12.1 Å². The van der Waals surface area contributed by atoms with E-state index in [1.807, 2.05) is 24.3 Å². The number of aromatic nitrogens is 2. The van der Waals surface area contributed by atoms with Crippen LogP contribution in [0.15, 0.2) is 48.8 Å². The summed E-state index contributed by atoms with van der Waals surface area (Å²) in [4.78, 5) is 32.0. The molecule has 0 saturated carbocycles. The van der Waals surface area contributed by atoms with E-state index in [1.54, 1.807) is 24.5 Å². The first-order valence-corrected chi connectivity index (χ1v) is 9.06. The average Bonchev–Trinajstić information content (AvgIpc) is 3.21. The standard InChI is InChI=1S/C21H19N3O5/c1-28-20(25)17-3-2-14(13-5-8-24(9-6-13)21(26)27)11-18(17)29-16-10-15-4-7-22-19(15)23-12-16/h2-5,7,10-12H,6,8-9H2,1H3,(H,22,23)(H,26,27). The number of nitrogens with zero attached hydrogens (tertiary/aromatic N) is 2. The molecule has 29 heavy (non-hydrogen) atoms. The number of rotatable bonds is 4. The van der Waals surface area contributed by atoms with Crippen molar-refractivity contribution in [1.29, 1.82) is 0 Å². The molecule has 8 nitrogen and oxygen atoms in total. The number of H-pyrrole nitrogens is 1. The molecule has 2 aromatic heterocycles. The van der Waals surface area contributed by atoms with Gasteiger partial charge in [-0.2, -0.15) is 0 Å². The summed E-state index contributed by atoms with van der Waals surface area (Å²) in [6.45, 7) is 0.748. The van der Waals surface area contributed by atoms with Gasteiger partial charge < -0.3 is 24.5 Å². The van der Waals surface area contributed by atoms with Gasteiger partial charge in [-0.05, 0) is 41.8 Å². The van der Waals surface area contributed by atoms with Gasteiger partial charge in [0, 0.05) is 24.7 Å². The van der Waals surface area contributed by atoms with Crippen LogP contribution in [0.5, 0.6) is 11.5 Å². The van der Waals surface area contributed by atoms with Gasteiger partial charge in [0.15, 0.2) is 0 Å². The van der Waals surface area contributed by atoms with Crippen LogP contribution < -0.4 is 4.74 Å². The first kappa shape index (κ1) is 18.5. The van der Waals surface area contributed by atoms with E-state index < -0.39 is 12.1 Å². The monoisotopic (exact) mass is 393 g/mol. The molecule has 0 bridgehead atoms. The highest BCUT2D eigenvalue weighted by atomic mass is 16.5. The van der Waals surface area contributed by atoms with Gasteiger partial charge in [-0.25, -0.2) is 14.6 Å². The summed E-state index contributed by atoms with van der Waals surface area (Å²) >= 11 is 0. The third-order valence-electron chi connectivity index (χ3n) is 4.84. The highest BCUT2D eigenvalue weighted by Gasteiger charge is 2.20. The number of carbonyl (C=O) groups excluding carboxylic acids is 1. The molecular weight excluding hydrogens is 374 g/mol. The van der Waals surface area contributed by atoms with E-state index in [0.29, 0.717) is 36.6 Å². The number of pyridine rings is 1. The van der Waals surface area contributed by atoms with Crippen LogP contribution in [0.4, 0.5) is 4.79 Å². The van der Waals surface area contributed by atoms with Gasteiger partial charge in [0.2, 0.25) is 0 Å². The van der Waals surface area contributed by atoms with Crippen molar-refractivity contribution in [1.82, 2.24) is 14.9 Å². The molecule has 0 spiro atoms. The van der Waals surface area contributed by atoms with Crippen molar-refractivity contribution in [3.8, 4) is 11.5 Å². The minimum absolute atomic E-state index is 0.300. The zero-order valence-corrected chi connectivity index (χ0v) is 15.7. The number of amides is 1. The number of hydrogen-bond donors (Lipinski definition) is 2. The Kier molecular flexibility index (Phi) is 4.90. The molecule has 0 saturated heterocycles. The number of nitrogens with one attached hydrogen (secondary N) is 1. The summed E-state index contributed by atoms with van der Waals surface area (Å²) in [7, 11) is 1.32. The molecule has 0 radical (unpaired) electrons. The summed E-state index contributed by atoms with van der Waals surface area (Å²) in [5.41, 5.74) is 2.92. The van der Waals surface area contributed by atoms with Crippen LogP contribution in [0.1, 0.15) is 22.3 Å². The third-order valence-corrected chi connectivity index (χ3v) is 4.84. The van der Waals surface area contributed by atoms with Crippen molar-refractivity contribution in [3.63, 3.8) is 0 Å². The highest BCUT2D eigenvalue weighted by Crippen LogP contribution is 2.32. The molecule has 1 aromatic carbocycles. The molecule has 3 aromatic rings. The number of ether oxygens (including phenoxy) is 2. The van der Waals surface area contributed by atoms with E-state index in [4.69, 9.17) is 14.6 Å². The van der Waals surface area contributed by atoms with Gasteiger partial charge in [0.05, 0.1) is 13.3 Å². The highest BCUT2D eigenvalue weighted by molar-refractivity contribution is 5.93. The van der Waals surface area contributed by atoms with E-state index in [1.165, 1.54) is 12.0 Å². The van der Waals surface area contributed by atoms with E-state index in [0.717, 1.165) is 22.2 Å². The molecule has 1 aliphatic heterocycles. The molecule has 4 rings (SSSR count). The van der Waals surface area contributed by atoms with Crippen molar-refractivity contribution in [3.05, 3.63) is 59.9 Å². The fourth-order valence-corrected chi connectivity index (χ4v) is 3.29. The molecule has 0 fully saturated rings. The second-order valence-corrected chi connectivity index (χ2v) is 6.60. The molecule has 3 heterocycles. The normalized spacial score (nSPS) is 13.8. The van der Waals surface area contributed by atoms with Crippen molar-refractivity contribution < 1.29 is 24.2 Å². The van der Waals surface area contributed by atoms with E-state index in [9.17, 15) is 9.59 Å². The largest absolute Gasteiger partial charge is 0.465 e. The Morgan fingerprint density at radius 3 is 2.83 bits per heavy atom. The van der Waals surface area contributed by atoms with Crippen LogP contribution in [0.25, 0.3) is 16.6 Å². The summed E-state index contributed by atoms with van der Waals surface area (Å²) in [6, 6.07) is 8.96. The zero-order valence-electron chi connectivity index (χ0n) is 15.7. The number of fused-ring (bicyclic) bond motifs is 1. The fourth-order valence-electron chi connectivity index (χ4n) is 3.29. The number of aromatic amines is 1. The summed E-state index contributed by atoms with van der Waals surface area (Å²) in [5.74, 6) is 0.346. The van der Waals surface area contributed by atoms with Crippen molar-refractivity contribution in [2.75, 3.05) is 20.2 Å². The minimum atomic E-state index is -0.932. The maximum Gasteiger partial charge on any atom is 0.407 e. The van der Waals surface area contributed by atoms with Crippen LogP contribution in [0.2, 0.25) is 0 Å². The van der Waals surface area contributed by atoms with Gasteiger partial charge in [0.1, 0.15) is 22.7 Å². The summed E-state index contributed by atoms with van der Waals surface area (Å²) in [5, 5.41) is 10.00. The van der Waals surface area contributed by atoms with Gasteiger partial charge in [-0.3, -0.25) is 0 Å². The maximum absolute atomic E-state index is 12.2. The Bertz CT molecular complexity index is 1120. The molecule has 8 heteroatoms. The SMILES string of the molecule is COC(=O)c1ccc(C2=CCN(C(=O)O)CC2)cc1Oc1cnc2[nH]ccc2c1. The quantitative estimate of drug-likeness (QED) is 0.651. The molecule has 0 atom stereocenters. The first-order valence-electron chi connectivity index (χ1n) is 9.06. The summed E-state index contributed by atoms with van der Waals surface area (Å²) in [6.07, 6.45) is 4.90. The number of carbonyl (C=O) groups is 2. The maximum atomic E-state index is 12.2. The number of methoxy groups -OCH3 is 1. The first-order chi connectivity index (χ1) is 14.0. The van der Waals surface area contributed by atoms with Crippen LogP contribution in [0.3, 0.4) is 0 Å². The van der Waals surface area contributed by atoms with E-state index >= 15 is 0 Å². The van der Waals surface area contributed by atoms with Gasteiger partial charge in [-0.15, -0.1) is 0 Å². The Balaban J connectivity index is 1.67. The predicted octanol–water partition coefficient (Wildman–Crippen LogP) is 3.91. The smallest absolute Gasteiger partial charge is 0.407 e. The van der Waals surface area contributed by atoms with Crippen LogP contribution in [-0.2, 0) is 4.74 Å². The van der Waals surface area contributed by atoms with Crippen molar-refractivity contribution in [2.24, 2.45) is 0 Å². The van der Waals surface area contributed by atoms with Crippen LogP contribution >= 0.6 is 0 Å². The van der Waals surface area contributed by atoms with Gasteiger partial charge >= 0.3 is 12.1 Å². The Morgan fingerprint density at radius 1 is 1.24 bits per heavy atom. The molecule has 0 aliphatic carbocycles. The second kappa shape index (κ2) is 7.67. The number of benzene rings is 1. The van der Waals surface area contributed by atoms with Gasteiger partial charge in [0.25, 0.3) is 0 Å². The van der Waals surface area contributed by atoms with Crippen LogP contribution in [0, 0.1) is 0 Å². The summed E-state index contributed by atoms with van der Waals surface area (Å²) < 4.78 is 10.9. The molecule has 0 unspecified atom stereocenters. The molecular formula is C21H19N3O5. The Hall–Kier alpha value is -3.81. The topological polar surface area (TPSA) is 105 Å². The molecule has 1 aliphatic rings. The van der Waals surface area contributed by atoms with Crippen molar-refractivity contribution in [2.45, 2.75) is 6.42 Å². The number of hydrogen-bond acceptors (Lipinski definition) is 5. The average molecular weight is 393 g/mol. The zero-order chi connectivity index (χ0) is 20.4. The number of esters is 1. The third kappa shape index (κ3) is 3.77. The second-order valence-electron chi connectivity index (χ2n) is 6.60. The Morgan fingerprint density at radius 2 is 2.10 bits per heavy atom. The Labute approximate surface area is 166 Å². The minimum Gasteiger partial charge on any atom is -0.465 e.